The van der Waals surface area contributed by atoms with E-state index in [1.54, 1.807) is 0 Å². The number of hydrogen-bond acceptors (Lipinski definition) is 4. The summed E-state index contributed by atoms with van der Waals surface area (Å²) in [6.45, 7) is 2.57. The van der Waals surface area contributed by atoms with Crippen LogP contribution in [0.25, 0.3) is 0 Å². The molecule has 1 N–H and O–H groups in total. The zero-order valence-electron chi connectivity index (χ0n) is 14.7. The predicted octanol–water partition coefficient (Wildman–Crippen LogP) is 2.38. The molecular weight excluding hydrogens is 336 g/mol. The molecule has 1 aliphatic heterocycles. The van der Waals surface area contributed by atoms with E-state index in [4.69, 9.17) is 0 Å². The first-order valence-electron chi connectivity index (χ1n) is 9.33. The van der Waals surface area contributed by atoms with E-state index in [0.717, 1.165) is 45.2 Å². The molecule has 0 radical (unpaired) electrons. The minimum Gasteiger partial charge on any atom is -0.371 e. The fourth-order valence-corrected chi connectivity index (χ4v) is 5.72. The first kappa shape index (κ1) is 18.2. The summed E-state index contributed by atoms with van der Waals surface area (Å²) >= 11 is 0. The van der Waals surface area contributed by atoms with Gasteiger partial charge in [-0.25, -0.2) is 8.42 Å². The molecule has 0 aromatic heterocycles. The highest BCUT2D eigenvalue weighted by Crippen LogP contribution is 2.25. The van der Waals surface area contributed by atoms with Gasteiger partial charge in [0.05, 0.1) is 11.0 Å². The molecular formula is C19H28N2O3S. The van der Waals surface area contributed by atoms with Gasteiger partial charge in [-0.3, -0.25) is 4.79 Å². The topological polar surface area (TPSA) is 66.5 Å². The molecule has 2 fully saturated rings. The van der Waals surface area contributed by atoms with Gasteiger partial charge in [0.2, 0.25) is 5.91 Å². The third-order valence-electron chi connectivity index (χ3n) is 5.42. The van der Waals surface area contributed by atoms with Crippen molar-refractivity contribution < 1.29 is 13.2 Å². The number of carbonyl (C=O) groups is 1. The Labute approximate surface area is 150 Å². The maximum absolute atomic E-state index is 12.2. The summed E-state index contributed by atoms with van der Waals surface area (Å²) in [5.41, 5.74) is 1.22. The van der Waals surface area contributed by atoms with Crippen LogP contribution in [0, 0.1) is 5.92 Å². The van der Waals surface area contributed by atoms with Crippen molar-refractivity contribution in [1.29, 1.82) is 0 Å². The average Bonchev–Trinajstić information content (AvgIpc) is 3.31. The van der Waals surface area contributed by atoms with Crippen LogP contribution in [0.15, 0.2) is 30.3 Å². The van der Waals surface area contributed by atoms with Crippen molar-refractivity contribution in [3.63, 3.8) is 0 Å². The van der Waals surface area contributed by atoms with Gasteiger partial charge in [-0.1, -0.05) is 31.0 Å². The lowest BCUT2D eigenvalue weighted by molar-refractivity contribution is -0.120. The molecule has 1 aromatic carbocycles. The first-order chi connectivity index (χ1) is 12.0. The normalized spacial score (nSPS) is 21.6. The lowest BCUT2D eigenvalue weighted by Gasteiger charge is -2.18. The number of anilines is 1. The van der Waals surface area contributed by atoms with Crippen LogP contribution >= 0.6 is 0 Å². The van der Waals surface area contributed by atoms with Crippen molar-refractivity contribution >= 4 is 21.4 Å². The van der Waals surface area contributed by atoms with Gasteiger partial charge in [0.15, 0.2) is 9.84 Å². The number of nitrogens with zero attached hydrogens (tertiary/aromatic N) is 1. The lowest BCUT2D eigenvalue weighted by Crippen LogP contribution is -2.33. The number of amides is 1. The predicted molar refractivity (Wildman–Crippen MR) is 100 cm³/mol. The van der Waals surface area contributed by atoms with Crippen LogP contribution in [0.3, 0.4) is 0 Å². The fourth-order valence-electron chi connectivity index (χ4n) is 3.87. The van der Waals surface area contributed by atoms with Crippen LogP contribution in [0.1, 0.15) is 38.5 Å². The molecule has 25 heavy (non-hydrogen) atoms. The van der Waals surface area contributed by atoms with Crippen LogP contribution in [-0.4, -0.2) is 45.0 Å². The number of benzene rings is 1. The summed E-state index contributed by atoms with van der Waals surface area (Å²) in [5.74, 6) is 0.278. The molecule has 1 aliphatic carbocycles. The van der Waals surface area contributed by atoms with Gasteiger partial charge < -0.3 is 10.2 Å². The van der Waals surface area contributed by atoms with Gasteiger partial charge in [0.1, 0.15) is 0 Å². The summed E-state index contributed by atoms with van der Waals surface area (Å²) in [4.78, 5) is 14.4. The molecule has 3 rings (SSSR count). The summed E-state index contributed by atoms with van der Waals surface area (Å²) in [7, 11) is -3.11. The van der Waals surface area contributed by atoms with Crippen LogP contribution in [0.4, 0.5) is 5.69 Å². The average molecular weight is 365 g/mol. The van der Waals surface area contributed by atoms with E-state index in [9.17, 15) is 13.2 Å². The van der Waals surface area contributed by atoms with Crippen molar-refractivity contribution in [2.24, 2.45) is 5.92 Å². The third-order valence-corrected chi connectivity index (χ3v) is 7.68. The van der Waals surface area contributed by atoms with Crippen LogP contribution in [0.5, 0.6) is 0 Å². The van der Waals surface area contributed by atoms with Crippen LogP contribution in [-0.2, 0) is 14.6 Å². The second-order valence-electron chi connectivity index (χ2n) is 7.26. The van der Waals surface area contributed by atoms with E-state index in [1.807, 2.05) is 18.2 Å². The number of rotatable bonds is 7. The van der Waals surface area contributed by atoms with E-state index in [1.165, 1.54) is 5.69 Å². The van der Waals surface area contributed by atoms with Gasteiger partial charge in [0, 0.05) is 31.7 Å². The molecule has 6 heteroatoms. The number of sulfone groups is 1. The molecule has 1 saturated carbocycles. The minimum absolute atomic E-state index is 0.00962. The van der Waals surface area contributed by atoms with Gasteiger partial charge in [-0.15, -0.1) is 0 Å². The number of carbonyl (C=O) groups excluding carboxylic acids is 1. The van der Waals surface area contributed by atoms with E-state index in [-0.39, 0.29) is 23.3 Å². The maximum Gasteiger partial charge on any atom is 0.221 e. The summed E-state index contributed by atoms with van der Waals surface area (Å²) in [6, 6.07) is 10.3. The number of para-hydroxylation sites is 1. The Morgan fingerprint density at radius 2 is 1.84 bits per heavy atom. The summed E-state index contributed by atoms with van der Waals surface area (Å²) in [6.07, 6.45) is 4.66. The van der Waals surface area contributed by atoms with E-state index >= 15 is 0 Å². The molecule has 1 heterocycles. The summed E-state index contributed by atoms with van der Waals surface area (Å²) in [5, 5.41) is 2.72. The van der Waals surface area contributed by atoms with Crippen molar-refractivity contribution in [3.8, 4) is 0 Å². The smallest absolute Gasteiger partial charge is 0.221 e. The second-order valence-corrected chi connectivity index (χ2v) is 9.66. The standard InChI is InChI=1S/C19H28N2O3S/c22-19(11-13-25(23,24)18-8-4-5-9-18)20-14-16-10-12-21(15-16)17-6-2-1-3-7-17/h1-3,6-7,16,18H,4-5,8-15H2,(H,20,22)/t16-/m0/s1. The molecule has 0 unspecified atom stereocenters. The Bertz CT molecular complexity index is 669. The van der Waals surface area contributed by atoms with E-state index in [2.05, 4.69) is 22.3 Å². The molecule has 138 valence electrons. The lowest BCUT2D eigenvalue weighted by atomic mass is 10.1. The van der Waals surface area contributed by atoms with E-state index < -0.39 is 9.84 Å². The zero-order chi connectivity index (χ0) is 17.7. The van der Waals surface area contributed by atoms with Gasteiger partial charge >= 0.3 is 0 Å². The van der Waals surface area contributed by atoms with Gasteiger partial charge in [0.25, 0.3) is 0 Å². The minimum atomic E-state index is -3.11. The molecule has 2 aliphatic rings. The second kappa shape index (κ2) is 8.21. The highest BCUT2D eigenvalue weighted by atomic mass is 32.2. The fraction of sp³-hybridized carbons (Fsp3) is 0.632. The quantitative estimate of drug-likeness (QED) is 0.807. The van der Waals surface area contributed by atoms with Crippen LogP contribution < -0.4 is 10.2 Å². The van der Waals surface area contributed by atoms with E-state index in [0.29, 0.717) is 12.5 Å². The summed E-state index contributed by atoms with van der Waals surface area (Å²) < 4.78 is 24.4. The highest BCUT2D eigenvalue weighted by molar-refractivity contribution is 7.92. The Morgan fingerprint density at radius 1 is 1.12 bits per heavy atom. The molecule has 1 atom stereocenters. The molecule has 0 spiro atoms. The number of nitrogens with one attached hydrogen (secondary N) is 1. The Morgan fingerprint density at radius 3 is 2.56 bits per heavy atom. The monoisotopic (exact) mass is 364 g/mol. The molecule has 1 saturated heterocycles. The van der Waals surface area contributed by atoms with Gasteiger partial charge in [-0.2, -0.15) is 0 Å². The highest BCUT2D eigenvalue weighted by Gasteiger charge is 2.29. The molecule has 5 nitrogen and oxygen atoms in total. The van der Waals surface area contributed by atoms with Crippen molar-refractivity contribution in [1.82, 2.24) is 5.32 Å². The zero-order valence-corrected chi connectivity index (χ0v) is 15.5. The first-order valence-corrected chi connectivity index (χ1v) is 11.0. The Kier molecular flexibility index (Phi) is 5.99. The van der Waals surface area contributed by atoms with Gasteiger partial charge in [-0.05, 0) is 37.3 Å². The van der Waals surface area contributed by atoms with Crippen LogP contribution in [0.2, 0.25) is 0 Å². The molecule has 1 aromatic rings. The number of hydrogen-bond donors (Lipinski definition) is 1. The largest absolute Gasteiger partial charge is 0.371 e. The Balaban J connectivity index is 1.38. The van der Waals surface area contributed by atoms with Crippen molar-refractivity contribution in [3.05, 3.63) is 30.3 Å². The Hall–Kier alpha value is -1.56. The SMILES string of the molecule is O=C(CCS(=O)(=O)C1CCCC1)NC[C@@H]1CCN(c2ccccc2)C1. The maximum atomic E-state index is 12.2. The third kappa shape index (κ3) is 4.97. The molecule has 0 bridgehead atoms. The van der Waals surface area contributed by atoms with Crippen molar-refractivity contribution in [2.45, 2.75) is 43.8 Å². The van der Waals surface area contributed by atoms with Crippen molar-refractivity contribution in [2.75, 3.05) is 30.3 Å². The molecule has 1 amide bonds.